The molecule has 2 aromatic heterocycles. The molecule has 0 aliphatic heterocycles. The molecule has 0 saturated heterocycles. The van der Waals surface area contributed by atoms with Crippen LogP contribution in [0.2, 0.25) is 0 Å². The van der Waals surface area contributed by atoms with E-state index in [1.807, 2.05) is 0 Å². The van der Waals surface area contributed by atoms with Gasteiger partial charge in [-0.25, -0.2) is 14.2 Å². The third kappa shape index (κ3) is 4.32. The summed E-state index contributed by atoms with van der Waals surface area (Å²) in [5, 5.41) is 9.20. The molecule has 4 rings (SSSR count). The lowest BCUT2D eigenvalue weighted by atomic mass is 10.0. The first kappa shape index (κ1) is 24.2. The van der Waals surface area contributed by atoms with Crippen LogP contribution in [0, 0.1) is 5.82 Å². The van der Waals surface area contributed by atoms with E-state index in [2.05, 4.69) is 11.6 Å². The number of alkyl halides is 2. The molecule has 0 radical (unpaired) electrons. The van der Waals surface area contributed by atoms with Gasteiger partial charge in [0.25, 0.3) is 11.5 Å². The molecule has 2 heterocycles. The minimum Gasteiger partial charge on any atom is -0.396 e. The van der Waals surface area contributed by atoms with Crippen LogP contribution in [0.3, 0.4) is 0 Å². The number of aliphatic hydroxyl groups excluding tert-OH is 1. The number of fused-ring (bicyclic) bond motifs is 1. The van der Waals surface area contributed by atoms with Gasteiger partial charge in [-0.05, 0) is 30.2 Å². The topological polar surface area (TPSA) is 82.1 Å². The fourth-order valence-electron chi connectivity index (χ4n) is 4.01. The Hall–Kier alpha value is -3.92. The van der Waals surface area contributed by atoms with Crippen molar-refractivity contribution in [3.63, 3.8) is 0 Å². The second-order valence-corrected chi connectivity index (χ2v) is 8.07. The highest BCUT2D eigenvalue weighted by Crippen LogP contribution is 2.37. The molecular weight excluding hydrogens is 461 g/mol. The Morgan fingerprint density at radius 3 is 2.43 bits per heavy atom. The van der Waals surface area contributed by atoms with Crippen molar-refractivity contribution >= 4 is 11.2 Å². The SMILES string of the molecule is C=CC(F)(F)c1ccccc1-c1nc2c(c(=O)n(CCCO)c(=O)n2C)n1Cc1ccc(F)cc1. The Morgan fingerprint density at radius 1 is 1.09 bits per heavy atom. The first-order valence-corrected chi connectivity index (χ1v) is 10.9. The van der Waals surface area contributed by atoms with Crippen LogP contribution in [-0.2, 0) is 26.1 Å². The van der Waals surface area contributed by atoms with Crippen LogP contribution in [0.1, 0.15) is 17.5 Å². The van der Waals surface area contributed by atoms with E-state index < -0.39 is 23.0 Å². The number of aryl methyl sites for hydroxylation is 1. The molecule has 35 heavy (non-hydrogen) atoms. The second kappa shape index (κ2) is 9.38. The van der Waals surface area contributed by atoms with Crippen LogP contribution in [0.25, 0.3) is 22.6 Å². The van der Waals surface area contributed by atoms with Crippen LogP contribution in [0.15, 0.2) is 70.8 Å². The average Bonchev–Trinajstić information content (AvgIpc) is 3.23. The largest absolute Gasteiger partial charge is 0.396 e. The number of hydrogen-bond acceptors (Lipinski definition) is 4. The molecule has 0 bridgehead atoms. The summed E-state index contributed by atoms with van der Waals surface area (Å²) in [5.74, 6) is -3.79. The Kier molecular flexibility index (Phi) is 6.49. The summed E-state index contributed by atoms with van der Waals surface area (Å²) in [5.41, 5.74) is -0.963. The Labute approximate surface area is 198 Å². The maximum atomic E-state index is 14.8. The quantitative estimate of drug-likeness (QED) is 0.389. The van der Waals surface area contributed by atoms with Gasteiger partial charge in [-0.15, -0.1) is 0 Å². The summed E-state index contributed by atoms with van der Waals surface area (Å²) in [6.45, 7) is 2.99. The number of nitrogens with zero attached hydrogens (tertiary/aromatic N) is 4. The predicted molar refractivity (Wildman–Crippen MR) is 126 cm³/mol. The first-order valence-electron chi connectivity index (χ1n) is 10.9. The molecule has 182 valence electrons. The smallest absolute Gasteiger partial charge is 0.332 e. The molecule has 0 aliphatic rings. The molecule has 1 N–H and O–H groups in total. The molecule has 0 unspecified atom stereocenters. The van der Waals surface area contributed by atoms with Crippen molar-refractivity contribution in [3.05, 3.63) is 99.0 Å². The van der Waals surface area contributed by atoms with Crippen molar-refractivity contribution in [2.75, 3.05) is 6.61 Å². The van der Waals surface area contributed by atoms with E-state index >= 15 is 0 Å². The third-order valence-electron chi connectivity index (χ3n) is 5.81. The minimum absolute atomic E-state index is 0.00749. The van der Waals surface area contributed by atoms with E-state index in [1.165, 1.54) is 58.6 Å². The van der Waals surface area contributed by atoms with Crippen LogP contribution in [-0.4, -0.2) is 30.4 Å². The number of hydrogen-bond donors (Lipinski definition) is 1. The van der Waals surface area contributed by atoms with Crippen molar-refractivity contribution in [3.8, 4) is 11.4 Å². The van der Waals surface area contributed by atoms with E-state index in [0.29, 0.717) is 11.6 Å². The van der Waals surface area contributed by atoms with Crippen LogP contribution < -0.4 is 11.2 Å². The lowest BCUT2D eigenvalue weighted by molar-refractivity contribution is 0.0531. The molecule has 0 atom stereocenters. The van der Waals surface area contributed by atoms with Crippen LogP contribution >= 0.6 is 0 Å². The second-order valence-electron chi connectivity index (χ2n) is 8.07. The predicted octanol–water partition coefficient (Wildman–Crippen LogP) is 3.41. The molecule has 7 nitrogen and oxygen atoms in total. The van der Waals surface area contributed by atoms with Crippen LogP contribution in [0.5, 0.6) is 0 Å². The number of rotatable bonds is 8. The summed E-state index contributed by atoms with van der Waals surface area (Å²) < 4.78 is 46.7. The number of allylic oxidation sites excluding steroid dienone is 1. The van der Waals surface area contributed by atoms with Gasteiger partial charge in [0.15, 0.2) is 11.2 Å². The fraction of sp³-hybridized carbons (Fsp3) is 0.240. The maximum absolute atomic E-state index is 14.8. The summed E-state index contributed by atoms with van der Waals surface area (Å²) >= 11 is 0. The van der Waals surface area contributed by atoms with E-state index in [0.717, 1.165) is 4.57 Å². The zero-order valence-corrected chi connectivity index (χ0v) is 18.9. The average molecular weight is 484 g/mol. The number of imidazole rings is 1. The van der Waals surface area contributed by atoms with E-state index in [-0.39, 0.29) is 54.2 Å². The van der Waals surface area contributed by atoms with Gasteiger partial charge in [-0.1, -0.05) is 43.0 Å². The maximum Gasteiger partial charge on any atom is 0.332 e. The lowest BCUT2D eigenvalue weighted by Crippen LogP contribution is -2.39. The zero-order chi connectivity index (χ0) is 25.3. The van der Waals surface area contributed by atoms with Crippen molar-refractivity contribution in [2.45, 2.75) is 25.4 Å². The molecule has 0 fully saturated rings. The monoisotopic (exact) mass is 484 g/mol. The Balaban J connectivity index is 2.09. The fourth-order valence-corrected chi connectivity index (χ4v) is 4.01. The van der Waals surface area contributed by atoms with Crippen LogP contribution in [0.4, 0.5) is 13.2 Å². The standard InChI is InChI=1S/C25H23F3N4O3/c1-3-25(27,28)19-8-5-4-7-18(19)21-29-22-20(32(21)15-16-9-11-17(26)12-10-16)23(34)31(13-6-14-33)24(35)30(22)2/h3-5,7-12,33H,1,6,13-15H2,2H3. The van der Waals surface area contributed by atoms with Gasteiger partial charge in [-0.2, -0.15) is 8.78 Å². The molecule has 0 saturated carbocycles. The van der Waals surface area contributed by atoms with Gasteiger partial charge in [0.2, 0.25) is 0 Å². The first-order chi connectivity index (χ1) is 16.7. The van der Waals surface area contributed by atoms with E-state index in [1.54, 1.807) is 6.07 Å². The normalized spacial score (nSPS) is 11.8. The summed E-state index contributed by atoms with van der Waals surface area (Å²) in [6.07, 6.45) is 0.699. The molecule has 2 aromatic carbocycles. The van der Waals surface area contributed by atoms with Gasteiger partial charge in [0.05, 0.1) is 0 Å². The minimum atomic E-state index is -3.39. The zero-order valence-electron chi connectivity index (χ0n) is 18.9. The van der Waals surface area contributed by atoms with Gasteiger partial charge >= 0.3 is 5.69 Å². The van der Waals surface area contributed by atoms with Crippen molar-refractivity contribution in [1.82, 2.24) is 18.7 Å². The number of benzene rings is 2. The van der Waals surface area contributed by atoms with E-state index in [9.17, 15) is 27.9 Å². The molecule has 10 heteroatoms. The molecule has 0 amide bonds. The Morgan fingerprint density at radius 2 is 1.77 bits per heavy atom. The van der Waals surface area contributed by atoms with Crippen molar-refractivity contribution in [1.29, 1.82) is 0 Å². The highest BCUT2D eigenvalue weighted by Gasteiger charge is 2.32. The lowest BCUT2D eigenvalue weighted by Gasteiger charge is -2.17. The molecular formula is C25H23F3N4O3. The number of aliphatic hydroxyl groups is 1. The summed E-state index contributed by atoms with van der Waals surface area (Å²) in [7, 11) is 1.43. The van der Waals surface area contributed by atoms with Crippen molar-refractivity contribution in [2.24, 2.45) is 7.05 Å². The molecule has 0 spiro atoms. The highest BCUT2D eigenvalue weighted by molar-refractivity contribution is 5.78. The van der Waals surface area contributed by atoms with Gasteiger partial charge in [0, 0.05) is 37.9 Å². The van der Waals surface area contributed by atoms with E-state index in [4.69, 9.17) is 0 Å². The summed E-state index contributed by atoms with van der Waals surface area (Å²) in [4.78, 5) is 30.8. The summed E-state index contributed by atoms with van der Waals surface area (Å²) in [6, 6.07) is 11.3. The third-order valence-corrected chi connectivity index (χ3v) is 5.81. The number of halogens is 3. The van der Waals surface area contributed by atoms with Gasteiger partial charge in [-0.3, -0.25) is 13.9 Å². The Bertz CT molecular complexity index is 1520. The molecule has 4 aromatic rings. The van der Waals surface area contributed by atoms with Crippen molar-refractivity contribution < 1.29 is 18.3 Å². The van der Waals surface area contributed by atoms with Gasteiger partial charge in [0.1, 0.15) is 11.6 Å². The van der Waals surface area contributed by atoms with Gasteiger partial charge < -0.3 is 9.67 Å². The number of aromatic nitrogens is 4. The highest BCUT2D eigenvalue weighted by atomic mass is 19.3. The molecule has 0 aliphatic carbocycles.